The maximum absolute atomic E-state index is 5.83. The van der Waals surface area contributed by atoms with Gasteiger partial charge in [-0.1, -0.05) is 29.8 Å². The van der Waals surface area contributed by atoms with Gasteiger partial charge in [-0.3, -0.25) is 0 Å². The lowest BCUT2D eigenvalue weighted by atomic mass is 9.89. The maximum Gasteiger partial charge on any atom is 0.00510 e. The summed E-state index contributed by atoms with van der Waals surface area (Å²) in [5, 5.41) is 0. The minimum absolute atomic E-state index is 0.623. The molecule has 1 fully saturated rings. The van der Waals surface area contributed by atoms with Crippen molar-refractivity contribution in [3.8, 4) is 0 Å². The van der Waals surface area contributed by atoms with Crippen LogP contribution in [0.3, 0.4) is 0 Å². The first-order chi connectivity index (χ1) is 7.20. The highest BCUT2D eigenvalue weighted by molar-refractivity contribution is 5.26. The molecule has 1 saturated heterocycles. The van der Waals surface area contributed by atoms with Gasteiger partial charge >= 0.3 is 0 Å². The molecule has 2 N–H and O–H groups in total. The summed E-state index contributed by atoms with van der Waals surface area (Å²) in [6.07, 6.45) is 0. The molecule has 0 unspecified atom stereocenters. The molecule has 0 saturated carbocycles. The van der Waals surface area contributed by atoms with Crippen LogP contribution in [-0.4, -0.2) is 31.6 Å². The molecular weight excluding hydrogens is 184 g/mol. The van der Waals surface area contributed by atoms with Crippen molar-refractivity contribution in [1.29, 1.82) is 0 Å². The van der Waals surface area contributed by atoms with E-state index in [0.29, 0.717) is 11.8 Å². The predicted octanol–water partition coefficient (Wildman–Crippen LogP) is 1.60. The maximum atomic E-state index is 5.83. The average Bonchev–Trinajstić information content (AvgIpc) is 2.61. The van der Waals surface area contributed by atoms with Crippen LogP contribution < -0.4 is 5.73 Å². The van der Waals surface area contributed by atoms with E-state index in [1.165, 1.54) is 11.1 Å². The minimum atomic E-state index is 0.623. The van der Waals surface area contributed by atoms with Crippen molar-refractivity contribution in [2.75, 3.05) is 26.7 Å². The first-order valence-electron chi connectivity index (χ1n) is 5.66. The van der Waals surface area contributed by atoms with Crippen LogP contribution in [0.2, 0.25) is 0 Å². The Balaban J connectivity index is 2.19. The Morgan fingerprint density at radius 1 is 1.27 bits per heavy atom. The molecule has 0 spiro atoms. The molecule has 82 valence electrons. The number of rotatable bonds is 2. The van der Waals surface area contributed by atoms with Crippen LogP contribution in [0, 0.1) is 12.8 Å². The van der Waals surface area contributed by atoms with E-state index in [9.17, 15) is 0 Å². The molecule has 2 heteroatoms. The first kappa shape index (κ1) is 10.7. The summed E-state index contributed by atoms with van der Waals surface area (Å²) in [5.41, 5.74) is 8.60. The number of nitrogens with zero attached hydrogens (tertiary/aromatic N) is 1. The molecule has 0 aromatic heterocycles. The molecule has 1 aliphatic rings. The zero-order valence-corrected chi connectivity index (χ0v) is 9.61. The summed E-state index contributed by atoms with van der Waals surface area (Å²) >= 11 is 0. The number of benzene rings is 1. The Kier molecular flexibility index (Phi) is 3.08. The molecule has 1 aliphatic heterocycles. The molecular formula is C13H20N2. The van der Waals surface area contributed by atoms with Crippen molar-refractivity contribution in [2.24, 2.45) is 11.7 Å². The van der Waals surface area contributed by atoms with Crippen LogP contribution in [0.5, 0.6) is 0 Å². The van der Waals surface area contributed by atoms with E-state index in [4.69, 9.17) is 5.73 Å². The van der Waals surface area contributed by atoms with Gasteiger partial charge in [-0.15, -0.1) is 0 Å². The number of hydrogen-bond acceptors (Lipinski definition) is 2. The second kappa shape index (κ2) is 4.33. The number of likely N-dealkylation sites (tertiary alicyclic amines) is 1. The molecule has 1 aromatic rings. The SMILES string of the molecule is Cc1ccc([C@H]2CN(C)C[C@H]2CN)cc1. The quantitative estimate of drug-likeness (QED) is 0.793. The Morgan fingerprint density at radius 2 is 1.93 bits per heavy atom. The first-order valence-corrected chi connectivity index (χ1v) is 5.66. The highest BCUT2D eigenvalue weighted by Crippen LogP contribution is 2.31. The Morgan fingerprint density at radius 3 is 2.53 bits per heavy atom. The van der Waals surface area contributed by atoms with Crippen LogP contribution in [0.25, 0.3) is 0 Å². The van der Waals surface area contributed by atoms with Gasteiger partial charge < -0.3 is 10.6 Å². The fourth-order valence-corrected chi connectivity index (χ4v) is 2.52. The van der Waals surface area contributed by atoms with Crippen molar-refractivity contribution in [3.63, 3.8) is 0 Å². The second-order valence-electron chi connectivity index (χ2n) is 4.73. The summed E-state index contributed by atoms with van der Waals surface area (Å²) in [5.74, 6) is 1.25. The van der Waals surface area contributed by atoms with E-state index < -0.39 is 0 Å². The van der Waals surface area contributed by atoms with Crippen LogP contribution >= 0.6 is 0 Å². The summed E-state index contributed by atoms with van der Waals surface area (Å²) in [7, 11) is 2.18. The highest BCUT2D eigenvalue weighted by Gasteiger charge is 2.30. The third-order valence-corrected chi connectivity index (χ3v) is 3.43. The second-order valence-corrected chi connectivity index (χ2v) is 4.73. The Hall–Kier alpha value is -0.860. The minimum Gasteiger partial charge on any atom is -0.330 e. The third kappa shape index (κ3) is 2.21. The van der Waals surface area contributed by atoms with Gasteiger partial charge in [0.1, 0.15) is 0 Å². The third-order valence-electron chi connectivity index (χ3n) is 3.43. The molecule has 1 aromatic carbocycles. The Labute approximate surface area is 92.1 Å². The molecule has 1 heterocycles. The van der Waals surface area contributed by atoms with Gasteiger partial charge in [0.15, 0.2) is 0 Å². The molecule has 2 atom stereocenters. The van der Waals surface area contributed by atoms with E-state index in [2.05, 4.69) is 43.1 Å². The number of nitrogens with two attached hydrogens (primary N) is 1. The predicted molar refractivity (Wildman–Crippen MR) is 64.0 cm³/mol. The highest BCUT2D eigenvalue weighted by atomic mass is 15.1. The topological polar surface area (TPSA) is 29.3 Å². The van der Waals surface area contributed by atoms with Crippen LogP contribution in [0.15, 0.2) is 24.3 Å². The molecule has 2 nitrogen and oxygen atoms in total. The zero-order chi connectivity index (χ0) is 10.8. The summed E-state index contributed by atoms with van der Waals surface area (Å²) in [6.45, 7) is 5.20. The number of aryl methyl sites for hydroxylation is 1. The molecule has 0 amide bonds. The fourth-order valence-electron chi connectivity index (χ4n) is 2.52. The van der Waals surface area contributed by atoms with Gasteiger partial charge in [0.05, 0.1) is 0 Å². The summed E-state index contributed by atoms with van der Waals surface area (Å²) in [6, 6.07) is 8.89. The van der Waals surface area contributed by atoms with Crippen molar-refractivity contribution in [3.05, 3.63) is 35.4 Å². The standard InChI is InChI=1S/C13H20N2/c1-10-3-5-11(6-4-10)13-9-15(2)8-12(13)7-14/h3-6,12-13H,7-9,14H2,1-2H3/t12-,13-/m1/s1. The molecule has 15 heavy (non-hydrogen) atoms. The van der Waals surface area contributed by atoms with Gasteiger partial charge in [0.2, 0.25) is 0 Å². The summed E-state index contributed by atoms with van der Waals surface area (Å²) in [4.78, 5) is 2.38. The van der Waals surface area contributed by atoms with Crippen LogP contribution in [0.1, 0.15) is 17.0 Å². The van der Waals surface area contributed by atoms with Gasteiger partial charge in [-0.25, -0.2) is 0 Å². The van der Waals surface area contributed by atoms with E-state index in [1.54, 1.807) is 0 Å². The molecule has 0 bridgehead atoms. The van der Waals surface area contributed by atoms with E-state index in [-0.39, 0.29) is 0 Å². The average molecular weight is 204 g/mol. The largest absolute Gasteiger partial charge is 0.330 e. The molecule has 2 rings (SSSR count). The van der Waals surface area contributed by atoms with Crippen molar-refractivity contribution >= 4 is 0 Å². The van der Waals surface area contributed by atoms with E-state index in [1.807, 2.05) is 0 Å². The van der Waals surface area contributed by atoms with Crippen molar-refractivity contribution in [2.45, 2.75) is 12.8 Å². The van der Waals surface area contributed by atoms with Gasteiger partial charge in [0.25, 0.3) is 0 Å². The Bertz CT molecular complexity index is 318. The lowest BCUT2D eigenvalue weighted by Gasteiger charge is -2.17. The number of likely N-dealkylation sites (N-methyl/N-ethyl adjacent to an activating group) is 1. The molecule has 0 radical (unpaired) electrons. The van der Waals surface area contributed by atoms with Crippen molar-refractivity contribution < 1.29 is 0 Å². The molecule has 0 aliphatic carbocycles. The monoisotopic (exact) mass is 204 g/mol. The normalized spacial score (nSPS) is 27.1. The van der Waals surface area contributed by atoms with Gasteiger partial charge in [-0.2, -0.15) is 0 Å². The van der Waals surface area contributed by atoms with Gasteiger partial charge in [0, 0.05) is 19.0 Å². The fraction of sp³-hybridized carbons (Fsp3) is 0.538. The number of hydrogen-bond donors (Lipinski definition) is 1. The van der Waals surface area contributed by atoms with Crippen molar-refractivity contribution in [1.82, 2.24) is 4.90 Å². The smallest absolute Gasteiger partial charge is 0.00510 e. The van der Waals surface area contributed by atoms with Crippen LogP contribution in [0.4, 0.5) is 0 Å². The van der Waals surface area contributed by atoms with Crippen LogP contribution in [-0.2, 0) is 0 Å². The lowest BCUT2D eigenvalue weighted by molar-refractivity contribution is 0.397. The zero-order valence-electron chi connectivity index (χ0n) is 9.61. The van der Waals surface area contributed by atoms with Gasteiger partial charge in [-0.05, 0) is 32.0 Å². The summed E-state index contributed by atoms with van der Waals surface area (Å²) < 4.78 is 0. The van der Waals surface area contributed by atoms with E-state index >= 15 is 0 Å². The lowest BCUT2D eigenvalue weighted by Crippen LogP contribution is -2.21. The van der Waals surface area contributed by atoms with E-state index in [0.717, 1.165) is 19.6 Å².